The summed E-state index contributed by atoms with van der Waals surface area (Å²) in [5.41, 5.74) is 13.9. The molecule has 118 valence electrons. The Balaban J connectivity index is 2.05. The Morgan fingerprint density at radius 2 is 1.82 bits per heavy atom. The predicted octanol–water partition coefficient (Wildman–Crippen LogP) is 3.01. The molecule has 4 heteroatoms. The van der Waals surface area contributed by atoms with Crippen LogP contribution in [0.15, 0.2) is 48.5 Å². The van der Waals surface area contributed by atoms with E-state index in [1.165, 1.54) is 0 Å². The fourth-order valence-corrected chi connectivity index (χ4v) is 2.27. The lowest BCUT2D eigenvalue weighted by molar-refractivity contribution is 0.284. The SMILES string of the molecule is COc1cc([C@H](N)CCCN)ccc1OCc1ccccc1. The molecule has 0 saturated carbocycles. The van der Waals surface area contributed by atoms with Gasteiger partial charge in [-0.25, -0.2) is 0 Å². The zero-order valence-electron chi connectivity index (χ0n) is 13.0. The van der Waals surface area contributed by atoms with Gasteiger partial charge in [0.25, 0.3) is 0 Å². The van der Waals surface area contributed by atoms with Crippen LogP contribution in [0.25, 0.3) is 0 Å². The number of ether oxygens (including phenoxy) is 2. The maximum absolute atomic E-state index is 6.17. The Labute approximate surface area is 132 Å². The molecular weight excluding hydrogens is 276 g/mol. The lowest BCUT2D eigenvalue weighted by Gasteiger charge is -2.16. The Morgan fingerprint density at radius 3 is 2.50 bits per heavy atom. The van der Waals surface area contributed by atoms with Gasteiger partial charge >= 0.3 is 0 Å². The predicted molar refractivity (Wildman–Crippen MR) is 89.0 cm³/mol. The van der Waals surface area contributed by atoms with E-state index < -0.39 is 0 Å². The van der Waals surface area contributed by atoms with Gasteiger partial charge in [-0.05, 0) is 42.6 Å². The molecule has 22 heavy (non-hydrogen) atoms. The van der Waals surface area contributed by atoms with Gasteiger partial charge in [0.1, 0.15) is 6.61 Å². The summed E-state index contributed by atoms with van der Waals surface area (Å²) in [4.78, 5) is 0. The van der Waals surface area contributed by atoms with Crippen molar-refractivity contribution in [1.82, 2.24) is 0 Å². The van der Waals surface area contributed by atoms with Crippen LogP contribution < -0.4 is 20.9 Å². The number of hydrogen-bond donors (Lipinski definition) is 2. The van der Waals surface area contributed by atoms with Gasteiger partial charge in [-0.2, -0.15) is 0 Å². The molecule has 2 aromatic rings. The van der Waals surface area contributed by atoms with Crippen molar-refractivity contribution < 1.29 is 9.47 Å². The fraction of sp³-hybridized carbons (Fsp3) is 0.333. The number of benzene rings is 2. The van der Waals surface area contributed by atoms with Crippen LogP contribution in [-0.4, -0.2) is 13.7 Å². The van der Waals surface area contributed by atoms with E-state index in [2.05, 4.69) is 0 Å². The van der Waals surface area contributed by atoms with Crippen LogP contribution in [0.3, 0.4) is 0 Å². The van der Waals surface area contributed by atoms with Crippen molar-refractivity contribution in [3.05, 3.63) is 59.7 Å². The van der Waals surface area contributed by atoms with Gasteiger partial charge in [0.15, 0.2) is 11.5 Å². The van der Waals surface area contributed by atoms with Crippen molar-refractivity contribution in [2.75, 3.05) is 13.7 Å². The second-order valence-corrected chi connectivity index (χ2v) is 5.22. The largest absolute Gasteiger partial charge is 0.493 e. The maximum atomic E-state index is 6.17. The van der Waals surface area contributed by atoms with Crippen molar-refractivity contribution >= 4 is 0 Å². The lowest BCUT2D eigenvalue weighted by atomic mass is 10.0. The molecule has 2 rings (SSSR count). The molecule has 1 atom stereocenters. The molecule has 2 aromatic carbocycles. The Kier molecular flexibility index (Phi) is 6.25. The zero-order valence-corrected chi connectivity index (χ0v) is 13.0. The smallest absolute Gasteiger partial charge is 0.161 e. The first kappa shape index (κ1) is 16.3. The van der Waals surface area contributed by atoms with E-state index in [9.17, 15) is 0 Å². The number of hydrogen-bond acceptors (Lipinski definition) is 4. The quantitative estimate of drug-likeness (QED) is 0.786. The van der Waals surface area contributed by atoms with Crippen LogP contribution in [0.2, 0.25) is 0 Å². The van der Waals surface area contributed by atoms with Crippen LogP contribution >= 0.6 is 0 Å². The highest BCUT2D eigenvalue weighted by atomic mass is 16.5. The topological polar surface area (TPSA) is 70.5 Å². The summed E-state index contributed by atoms with van der Waals surface area (Å²) >= 11 is 0. The molecular formula is C18H24N2O2. The third-order valence-electron chi connectivity index (χ3n) is 3.57. The van der Waals surface area contributed by atoms with Crippen molar-refractivity contribution in [2.45, 2.75) is 25.5 Å². The Morgan fingerprint density at radius 1 is 1.05 bits per heavy atom. The lowest BCUT2D eigenvalue weighted by Crippen LogP contribution is -2.12. The first-order valence-electron chi connectivity index (χ1n) is 7.55. The van der Waals surface area contributed by atoms with E-state index in [4.69, 9.17) is 20.9 Å². The van der Waals surface area contributed by atoms with Gasteiger partial charge in [-0.3, -0.25) is 0 Å². The number of rotatable bonds is 8. The minimum absolute atomic E-state index is 0.0272. The highest BCUT2D eigenvalue weighted by molar-refractivity contribution is 5.44. The van der Waals surface area contributed by atoms with Gasteiger partial charge in [-0.1, -0.05) is 36.4 Å². The van der Waals surface area contributed by atoms with Gasteiger partial charge in [0.05, 0.1) is 7.11 Å². The van der Waals surface area contributed by atoms with E-state index in [0.717, 1.165) is 29.7 Å². The summed E-state index contributed by atoms with van der Waals surface area (Å²) in [6.07, 6.45) is 1.78. The molecule has 0 bridgehead atoms. The molecule has 0 unspecified atom stereocenters. The highest BCUT2D eigenvalue weighted by Crippen LogP contribution is 2.31. The third kappa shape index (κ3) is 4.48. The second-order valence-electron chi connectivity index (χ2n) is 5.22. The summed E-state index contributed by atoms with van der Waals surface area (Å²) in [6, 6.07) is 15.9. The maximum Gasteiger partial charge on any atom is 0.161 e. The molecule has 0 saturated heterocycles. The average Bonchev–Trinajstić information content (AvgIpc) is 2.58. The molecule has 0 aliphatic carbocycles. The number of nitrogens with two attached hydrogens (primary N) is 2. The highest BCUT2D eigenvalue weighted by Gasteiger charge is 2.11. The number of methoxy groups -OCH3 is 1. The average molecular weight is 300 g/mol. The Bertz CT molecular complexity index is 573. The molecule has 0 heterocycles. The van der Waals surface area contributed by atoms with Crippen LogP contribution in [0.4, 0.5) is 0 Å². The molecule has 0 aliphatic rings. The second kappa shape index (κ2) is 8.41. The van der Waals surface area contributed by atoms with Crippen LogP contribution in [0, 0.1) is 0 Å². The minimum atomic E-state index is -0.0272. The minimum Gasteiger partial charge on any atom is -0.493 e. The zero-order chi connectivity index (χ0) is 15.8. The van der Waals surface area contributed by atoms with E-state index in [0.29, 0.717) is 18.9 Å². The van der Waals surface area contributed by atoms with Gasteiger partial charge in [0.2, 0.25) is 0 Å². The Hall–Kier alpha value is -2.04. The molecule has 0 spiro atoms. The van der Waals surface area contributed by atoms with Gasteiger partial charge < -0.3 is 20.9 Å². The molecule has 4 nitrogen and oxygen atoms in total. The van der Waals surface area contributed by atoms with Crippen molar-refractivity contribution in [3.63, 3.8) is 0 Å². The van der Waals surface area contributed by atoms with E-state index >= 15 is 0 Å². The van der Waals surface area contributed by atoms with E-state index in [-0.39, 0.29) is 6.04 Å². The van der Waals surface area contributed by atoms with E-state index in [1.807, 2.05) is 48.5 Å². The van der Waals surface area contributed by atoms with Gasteiger partial charge in [0, 0.05) is 6.04 Å². The standard InChI is InChI=1S/C18H24N2O2/c1-21-18-12-15(16(20)8-5-11-19)9-10-17(18)22-13-14-6-3-2-4-7-14/h2-4,6-7,9-10,12,16H,5,8,11,13,19-20H2,1H3/t16-/m1/s1. The molecule has 0 fully saturated rings. The van der Waals surface area contributed by atoms with Crippen LogP contribution in [-0.2, 0) is 6.61 Å². The first-order chi connectivity index (χ1) is 10.7. The van der Waals surface area contributed by atoms with Crippen molar-refractivity contribution in [1.29, 1.82) is 0 Å². The third-order valence-corrected chi connectivity index (χ3v) is 3.57. The van der Waals surface area contributed by atoms with E-state index in [1.54, 1.807) is 7.11 Å². The first-order valence-corrected chi connectivity index (χ1v) is 7.55. The van der Waals surface area contributed by atoms with Gasteiger partial charge in [-0.15, -0.1) is 0 Å². The van der Waals surface area contributed by atoms with Crippen LogP contribution in [0.1, 0.15) is 30.0 Å². The summed E-state index contributed by atoms with van der Waals surface area (Å²) in [6.45, 7) is 1.17. The molecule has 0 aromatic heterocycles. The molecule has 4 N–H and O–H groups in total. The normalized spacial score (nSPS) is 12.0. The fourth-order valence-electron chi connectivity index (χ4n) is 2.27. The van der Waals surface area contributed by atoms with Crippen LogP contribution in [0.5, 0.6) is 11.5 Å². The molecule has 0 aliphatic heterocycles. The van der Waals surface area contributed by atoms with Crippen molar-refractivity contribution in [2.24, 2.45) is 11.5 Å². The monoisotopic (exact) mass is 300 g/mol. The summed E-state index contributed by atoms with van der Waals surface area (Å²) in [5, 5.41) is 0. The summed E-state index contributed by atoms with van der Waals surface area (Å²) in [5.74, 6) is 1.43. The van der Waals surface area contributed by atoms with Crippen molar-refractivity contribution in [3.8, 4) is 11.5 Å². The molecule has 0 radical (unpaired) electrons. The molecule has 0 amide bonds. The summed E-state index contributed by atoms with van der Waals surface area (Å²) in [7, 11) is 1.64. The summed E-state index contributed by atoms with van der Waals surface area (Å²) < 4.78 is 11.3.